The van der Waals surface area contributed by atoms with Gasteiger partial charge in [0.05, 0.1) is 6.61 Å². The predicted octanol–water partition coefficient (Wildman–Crippen LogP) is 2.44. The minimum Gasteiger partial charge on any atom is -0.380 e. The summed E-state index contributed by atoms with van der Waals surface area (Å²) in [6.07, 6.45) is 5.02. The van der Waals surface area contributed by atoms with Crippen LogP contribution in [-0.2, 0) is 11.3 Å². The number of rotatable bonds is 7. The van der Waals surface area contributed by atoms with Crippen LogP contribution in [0, 0.1) is 0 Å². The summed E-state index contributed by atoms with van der Waals surface area (Å²) in [6, 6.07) is 7.61. The maximum atomic E-state index is 12.1. The fourth-order valence-electron chi connectivity index (χ4n) is 2.76. The van der Waals surface area contributed by atoms with Crippen LogP contribution in [0.3, 0.4) is 0 Å². The molecular weight excluding hydrogens is 264 g/mol. The highest BCUT2D eigenvalue weighted by atomic mass is 16.5. The predicted molar refractivity (Wildman–Crippen MR) is 84.4 cm³/mol. The second-order valence-electron chi connectivity index (χ2n) is 5.65. The number of carbonyl (C=O) groups is 1. The van der Waals surface area contributed by atoms with E-state index in [2.05, 4.69) is 10.2 Å². The van der Waals surface area contributed by atoms with E-state index in [1.807, 2.05) is 24.3 Å². The van der Waals surface area contributed by atoms with E-state index in [-0.39, 0.29) is 5.91 Å². The first-order valence-corrected chi connectivity index (χ1v) is 7.88. The van der Waals surface area contributed by atoms with Crippen molar-refractivity contribution in [3.63, 3.8) is 0 Å². The molecule has 0 aliphatic carbocycles. The van der Waals surface area contributed by atoms with Crippen LogP contribution in [-0.4, -0.2) is 44.1 Å². The molecule has 0 bridgehead atoms. The van der Waals surface area contributed by atoms with Gasteiger partial charge in [-0.05, 0) is 56.6 Å². The zero-order chi connectivity index (χ0) is 14.9. The van der Waals surface area contributed by atoms with E-state index in [4.69, 9.17) is 4.74 Å². The third-order valence-corrected chi connectivity index (χ3v) is 3.89. The quantitative estimate of drug-likeness (QED) is 0.784. The minimum absolute atomic E-state index is 0.00611. The number of hydrogen-bond acceptors (Lipinski definition) is 3. The number of benzene rings is 1. The molecule has 1 saturated heterocycles. The van der Waals surface area contributed by atoms with E-state index in [0.717, 1.165) is 25.1 Å². The molecule has 0 aromatic heterocycles. The Bertz CT molecular complexity index is 442. The highest BCUT2D eigenvalue weighted by Gasteiger charge is 2.10. The normalized spacial score (nSPS) is 15.9. The Hall–Kier alpha value is -1.39. The number of nitrogens with one attached hydrogen (secondary N) is 1. The van der Waals surface area contributed by atoms with Crippen molar-refractivity contribution < 1.29 is 9.53 Å². The Morgan fingerprint density at radius 3 is 2.86 bits per heavy atom. The van der Waals surface area contributed by atoms with Crippen molar-refractivity contribution in [1.82, 2.24) is 10.2 Å². The molecule has 1 aromatic carbocycles. The molecule has 21 heavy (non-hydrogen) atoms. The lowest BCUT2D eigenvalue weighted by Crippen LogP contribution is -2.33. The van der Waals surface area contributed by atoms with Crippen LogP contribution in [0.1, 0.15) is 41.6 Å². The number of carbonyl (C=O) groups excluding carboxylic acids is 1. The topological polar surface area (TPSA) is 41.6 Å². The molecule has 0 spiro atoms. The lowest BCUT2D eigenvalue weighted by Gasteiger charge is -2.26. The Kier molecular flexibility index (Phi) is 6.70. The van der Waals surface area contributed by atoms with Crippen LogP contribution >= 0.6 is 0 Å². The third kappa shape index (κ3) is 5.48. The fourth-order valence-corrected chi connectivity index (χ4v) is 2.76. The monoisotopic (exact) mass is 290 g/mol. The number of methoxy groups -OCH3 is 1. The average Bonchev–Trinajstić information content (AvgIpc) is 2.53. The van der Waals surface area contributed by atoms with Crippen molar-refractivity contribution in [3.05, 3.63) is 35.4 Å². The summed E-state index contributed by atoms with van der Waals surface area (Å²) in [5.41, 5.74) is 1.74. The number of hydrogen-bond donors (Lipinski definition) is 1. The molecule has 1 amide bonds. The van der Waals surface area contributed by atoms with Gasteiger partial charge in [-0.15, -0.1) is 0 Å². The highest BCUT2D eigenvalue weighted by molar-refractivity contribution is 5.94. The summed E-state index contributed by atoms with van der Waals surface area (Å²) >= 11 is 0. The van der Waals surface area contributed by atoms with Gasteiger partial charge in [-0.3, -0.25) is 4.79 Å². The van der Waals surface area contributed by atoms with Gasteiger partial charge in [-0.25, -0.2) is 0 Å². The van der Waals surface area contributed by atoms with Crippen LogP contribution in [0.5, 0.6) is 0 Å². The lowest BCUT2D eigenvalue weighted by molar-refractivity contribution is 0.0950. The molecule has 1 N–H and O–H groups in total. The molecule has 4 heteroatoms. The summed E-state index contributed by atoms with van der Waals surface area (Å²) in [5, 5.41) is 3.00. The van der Waals surface area contributed by atoms with Crippen molar-refractivity contribution in [2.45, 2.75) is 32.3 Å². The molecule has 1 fully saturated rings. The van der Waals surface area contributed by atoms with Crippen molar-refractivity contribution in [3.8, 4) is 0 Å². The van der Waals surface area contributed by atoms with Gasteiger partial charge in [0.1, 0.15) is 0 Å². The Morgan fingerprint density at radius 2 is 2.10 bits per heavy atom. The summed E-state index contributed by atoms with van der Waals surface area (Å²) in [4.78, 5) is 14.6. The smallest absolute Gasteiger partial charge is 0.251 e. The summed E-state index contributed by atoms with van der Waals surface area (Å²) in [5.74, 6) is 0.00611. The SMILES string of the molecule is COCc1cccc(C(=O)NCCCN2CCCCC2)c1. The van der Waals surface area contributed by atoms with E-state index in [1.165, 1.54) is 32.4 Å². The first-order chi connectivity index (χ1) is 10.3. The number of ether oxygens (including phenoxy) is 1. The van der Waals surface area contributed by atoms with E-state index in [1.54, 1.807) is 7.11 Å². The van der Waals surface area contributed by atoms with Crippen molar-refractivity contribution >= 4 is 5.91 Å². The number of likely N-dealkylation sites (tertiary alicyclic amines) is 1. The molecule has 1 heterocycles. The van der Waals surface area contributed by atoms with Gasteiger partial charge in [-0.2, -0.15) is 0 Å². The van der Waals surface area contributed by atoms with E-state index < -0.39 is 0 Å². The number of amides is 1. The molecule has 2 rings (SSSR count). The summed E-state index contributed by atoms with van der Waals surface area (Å²) < 4.78 is 5.09. The van der Waals surface area contributed by atoms with Crippen LogP contribution in [0.4, 0.5) is 0 Å². The molecule has 1 aliphatic heterocycles. The molecule has 0 saturated carbocycles. The van der Waals surface area contributed by atoms with Gasteiger partial charge < -0.3 is 15.0 Å². The largest absolute Gasteiger partial charge is 0.380 e. The molecule has 0 atom stereocenters. The van der Waals surface area contributed by atoms with Gasteiger partial charge in [-0.1, -0.05) is 18.6 Å². The Morgan fingerprint density at radius 1 is 1.29 bits per heavy atom. The van der Waals surface area contributed by atoms with E-state index >= 15 is 0 Å². The average molecular weight is 290 g/mol. The molecule has 4 nitrogen and oxygen atoms in total. The van der Waals surface area contributed by atoms with Crippen molar-refractivity contribution in [2.24, 2.45) is 0 Å². The molecule has 1 aliphatic rings. The van der Waals surface area contributed by atoms with Gasteiger partial charge in [0, 0.05) is 19.2 Å². The van der Waals surface area contributed by atoms with Crippen molar-refractivity contribution in [1.29, 1.82) is 0 Å². The highest BCUT2D eigenvalue weighted by Crippen LogP contribution is 2.09. The summed E-state index contributed by atoms with van der Waals surface area (Å²) in [6.45, 7) is 4.80. The maximum absolute atomic E-state index is 12.1. The second kappa shape index (κ2) is 8.80. The first kappa shape index (κ1) is 16.0. The lowest BCUT2D eigenvalue weighted by atomic mass is 10.1. The zero-order valence-electron chi connectivity index (χ0n) is 12.9. The zero-order valence-corrected chi connectivity index (χ0v) is 12.9. The number of nitrogens with zero attached hydrogens (tertiary/aromatic N) is 1. The van der Waals surface area contributed by atoms with Crippen LogP contribution in [0.25, 0.3) is 0 Å². The van der Waals surface area contributed by atoms with Gasteiger partial charge in [0.2, 0.25) is 0 Å². The van der Waals surface area contributed by atoms with E-state index in [9.17, 15) is 4.79 Å². The van der Waals surface area contributed by atoms with Gasteiger partial charge in [0.25, 0.3) is 5.91 Å². The van der Waals surface area contributed by atoms with Crippen LogP contribution in [0.15, 0.2) is 24.3 Å². The fraction of sp³-hybridized carbons (Fsp3) is 0.588. The molecule has 0 unspecified atom stereocenters. The molecule has 0 radical (unpaired) electrons. The van der Waals surface area contributed by atoms with Crippen LogP contribution < -0.4 is 5.32 Å². The third-order valence-electron chi connectivity index (χ3n) is 3.89. The van der Waals surface area contributed by atoms with Crippen LogP contribution in [0.2, 0.25) is 0 Å². The van der Waals surface area contributed by atoms with Crippen molar-refractivity contribution in [2.75, 3.05) is 33.3 Å². The Labute approximate surface area is 127 Å². The summed E-state index contributed by atoms with van der Waals surface area (Å²) in [7, 11) is 1.66. The molecule has 1 aromatic rings. The second-order valence-corrected chi connectivity index (χ2v) is 5.65. The van der Waals surface area contributed by atoms with Gasteiger partial charge >= 0.3 is 0 Å². The van der Waals surface area contributed by atoms with E-state index in [0.29, 0.717) is 12.2 Å². The Balaban J connectivity index is 1.70. The molecular formula is C17H26N2O2. The number of piperidine rings is 1. The standard InChI is InChI=1S/C17H26N2O2/c1-21-14-15-7-5-8-16(13-15)17(20)18-9-6-12-19-10-3-2-4-11-19/h5,7-8,13H,2-4,6,9-12,14H2,1H3,(H,18,20). The minimum atomic E-state index is 0.00611. The first-order valence-electron chi connectivity index (χ1n) is 7.88. The van der Waals surface area contributed by atoms with Gasteiger partial charge in [0.15, 0.2) is 0 Å². The maximum Gasteiger partial charge on any atom is 0.251 e. The molecule has 116 valence electrons.